The number of alkyl halides is 3. The molecule has 210 valence electrons. The van der Waals surface area contributed by atoms with Crippen LogP contribution in [0.2, 0.25) is 10.0 Å². The summed E-state index contributed by atoms with van der Waals surface area (Å²) in [6, 6.07) is 15.0. The van der Waals surface area contributed by atoms with Gasteiger partial charge in [0.15, 0.2) is 5.82 Å². The van der Waals surface area contributed by atoms with E-state index in [9.17, 15) is 18.0 Å². The minimum Gasteiger partial charge on any atom is -0.491 e. The van der Waals surface area contributed by atoms with Crippen molar-refractivity contribution < 1.29 is 22.7 Å². The predicted octanol–water partition coefficient (Wildman–Crippen LogP) is 6.64. The Morgan fingerprint density at radius 1 is 1.00 bits per heavy atom. The number of nitrogens with zero attached hydrogens (tertiary/aromatic N) is 3. The average Bonchev–Trinajstić information content (AvgIpc) is 3.43. The summed E-state index contributed by atoms with van der Waals surface area (Å²) in [6.07, 6.45) is -4.49. The second-order valence-electron chi connectivity index (χ2n) is 9.25. The zero-order chi connectivity index (χ0) is 28.9. The standard InChI is InChI=1S/C27H25Cl2F3N6O2/c1-15(2)24(34-18-6-3-16(4-7-18)26(39)33-13-25-35-37-38-36-25)14-40-19-8-10-21(23(29)12-19)20-9-5-17(11-22(20)28)27(30,31)32/h3-12,15,24,34H,13-14H2,1-2H3,(H,33,39)(H,35,36,37,38). The molecule has 1 atom stereocenters. The van der Waals surface area contributed by atoms with E-state index in [1.807, 2.05) is 13.8 Å². The number of rotatable bonds is 10. The van der Waals surface area contributed by atoms with Gasteiger partial charge in [-0.15, -0.1) is 5.10 Å². The van der Waals surface area contributed by atoms with Crippen molar-refractivity contribution in [3.05, 3.63) is 87.7 Å². The van der Waals surface area contributed by atoms with E-state index in [-0.39, 0.29) is 29.4 Å². The number of carbonyl (C=O) groups is 1. The number of aromatic amines is 1. The van der Waals surface area contributed by atoms with Crippen molar-refractivity contribution in [3.8, 4) is 16.9 Å². The van der Waals surface area contributed by atoms with Crippen LogP contribution in [0.4, 0.5) is 18.9 Å². The molecular formula is C27H25Cl2F3N6O2. The molecule has 1 heterocycles. The van der Waals surface area contributed by atoms with Gasteiger partial charge in [0.2, 0.25) is 0 Å². The van der Waals surface area contributed by atoms with Crippen LogP contribution in [0.3, 0.4) is 0 Å². The summed E-state index contributed by atoms with van der Waals surface area (Å²) < 4.78 is 44.9. The number of hydrogen-bond acceptors (Lipinski definition) is 6. The second kappa shape index (κ2) is 12.6. The maximum atomic E-state index is 13.0. The van der Waals surface area contributed by atoms with E-state index in [1.54, 1.807) is 42.5 Å². The largest absolute Gasteiger partial charge is 0.491 e. The topological polar surface area (TPSA) is 105 Å². The number of nitrogens with one attached hydrogen (secondary N) is 3. The molecule has 0 spiro atoms. The first-order valence-electron chi connectivity index (χ1n) is 12.2. The maximum absolute atomic E-state index is 13.0. The first-order chi connectivity index (χ1) is 19.0. The highest BCUT2D eigenvalue weighted by molar-refractivity contribution is 6.36. The summed E-state index contributed by atoms with van der Waals surface area (Å²) in [5.41, 5.74) is 1.35. The van der Waals surface area contributed by atoms with Crippen LogP contribution in [0.5, 0.6) is 5.75 Å². The molecule has 13 heteroatoms. The van der Waals surface area contributed by atoms with Crippen LogP contribution >= 0.6 is 23.2 Å². The Labute approximate surface area is 238 Å². The summed E-state index contributed by atoms with van der Waals surface area (Å²) in [5.74, 6) is 0.882. The molecule has 1 amide bonds. The molecule has 0 radical (unpaired) electrons. The van der Waals surface area contributed by atoms with Gasteiger partial charge in [-0.2, -0.15) is 13.2 Å². The summed E-state index contributed by atoms with van der Waals surface area (Å²) in [6.45, 7) is 4.58. The Kier molecular flexibility index (Phi) is 9.16. The summed E-state index contributed by atoms with van der Waals surface area (Å²) in [5, 5.41) is 19.6. The SMILES string of the molecule is CC(C)C(COc1ccc(-c2ccc(C(F)(F)F)cc2Cl)c(Cl)c1)Nc1ccc(C(=O)NCc2nnn[nH]2)cc1. The molecule has 0 aliphatic heterocycles. The van der Waals surface area contributed by atoms with Gasteiger partial charge in [0.25, 0.3) is 5.91 Å². The molecule has 4 rings (SSSR count). The maximum Gasteiger partial charge on any atom is 0.416 e. The summed E-state index contributed by atoms with van der Waals surface area (Å²) >= 11 is 12.6. The molecular weight excluding hydrogens is 568 g/mol. The number of anilines is 1. The first kappa shape index (κ1) is 29.2. The van der Waals surface area contributed by atoms with E-state index >= 15 is 0 Å². The Morgan fingerprint density at radius 2 is 1.68 bits per heavy atom. The van der Waals surface area contributed by atoms with E-state index < -0.39 is 11.7 Å². The lowest BCUT2D eigenvalue weighted by Gasteiger charge is -2.24. The third kappa shape index (κ3) is 7.42. The number of halogens is 5. The van der Waals surface area contributed by atoms with Crippen molar-refractivity contribution in [3.63, 3.8) is 0 Å². The highest BCUT2D eigenvalue weighted by atomic mass is 35.5. The Bertz CT molecular complexity index is 1450. The fourth-order valence-electron chi connectivity index (χ4n) is 3.75. The van der Waals surface area contributed by atoms with Gasteiger partial charge in [0.05, 0.1) is 23.2 Å². The van der Waals surface area contributed by atoms with Crippen molar-refractivity contribution in [1.29, 1.82) is 0 Å². The van der Waals surface area contributed by atoms with Gasteiger partial charge in [-0.3, -0.25) is 4.79 Å². The van der Waals surface area contributed by atoms with Gasteiger partial charge in [0.1, 0.15) is 12.4 Å². The molecule has 0 fully saturated rings. The highest BCUT2D eigenvalue weighted by Crippen LogP contribution is 2.39. The van der Waals surface area contributed by atoms with Crippen molar-refractivity contribution in [2.45, 2.75) is 32.6 Å². The smallest absolute Gasteiger partial charge is 0.416 e. The molecule has 1 unspecified atom stereocenters. The molecule has 3 aromatic carbocycles. The average molecular weight is 593 g/mol. The van der Waals surface area contributed by atoms with Crippen LogP contribution in [0.25, 0.3) is 11.1 Å². The Balaban J connectivity index is 1.36. The minimum atomic E-state index is -4.49. The molecule has 0 aliphatic rings. The fraction of sp³-hybridized carbons (Fsp3) is 0.259. The number of carbonyl (C=O) groups excluding carboxylic acids is 1. The van der Waals surface area contributed by atoms with Crippen LogP contribution in [0.1, 0.15) is 35.6 Å². The van der Waals surface area contributed by atoms with Crippen molar-refractivity contribution in [2.75, 3.05) is 11.9 Å². The zero-order valence-corrected chi connectivity index (χ0v) is 22.9. The van der Waals surface area contributed by atoms with Gasteiger partial charge < -0.3 is 15.4 Å². The summed E-state index contributed by atoms with van der Waals surface area (Å²) in [7, 11) is 0. The lowest BCUT2D eigenvalue weighted by Crippen LogP contribution is -2.32. The normalized spacial score (nSPS) is 12.3. The van der Waals surface area contributed by atoms with Crippen molar-refractivity contribution in [2.24, 2.45) is 5.92 Å². The summed E-state index contributed by atoms with van der Waals surface area (Å²) in [4.78, 5) is 12.4. The lowest BCUT2D eigenvalue weighted by atomic mass is 10.0. The Morgan fingerprint density at radius 3 is 2.25 bits per heavy atom. The molecule has 3 N–H and O–H groups in total. The molecule has 0 saturated heterocycles. The predicted molar refractivity (Wildman–Crippen MR) is 146 cm³/mol. The molecule has 8 nitrogen and oxygen atoms in total. The van der Waals surface area contributed by atoms with Crippen LogP contribution in [0, 0.1) is 5.92 Å². The number of tetrazole rings is 1. The van der Waals surface area contributed by atoms with E-state index in [4.69, 9.17) is 27.9 Å². The van der Waals surface area contributed by atoms with Gasteiger partial charge in [-0.1, -0.05) is 43.1 Å². The van der Waals surface area contributed by atoms with Gasteiger partial charge in [-0.05, 0) is 70.9 Å². The number of hydrogen-bond donors (Lipinski definition) is 3. The third-order valence-electron chi connectivity index (χ3n) is 6.07. The van der Waals surface area contributed by atoms with Gasteiger partial charge in [-0.25, -0.2) is 5.10 Å². The minimum absolute atomic E-state index is 0.0508. The second-order valence-corrected chi connectivity index (χ2v) is 10.1. The van der Waals surface area contributed by atoms with E-state index in [2.05, 4.69) is 31.3 Å². The molecule has 4 aromatic rings. The van der Waals surface area contributed by atoms with Crippen molar-refractivity contribution >= 4 is 34.8 Å². The van der Waals surface area contributed by atoms with Gasteiger partial charge in [0, 0.05) is 27.4 Å². The number of H-pyrrole nitrogens is 1. The van der Waals surface area contributed by atoms with Crippen molar-refractivity contribution in [1.82, 2.24) is 25.9 Å². The fourth-order valence-corrected chi connectivity index (χ4v) is 4.31. The number of benzene rings is 3. The highest BCUT2D eigenvalue weighted by Gasteiger charge is 2.31. The zero-order valence-electron chi connectivity index (χ0n) is 21.4. The van der Waals surface area contributed by atoms with Crippen LogP contribution in [-0.2, 0) is 12.7 Å². The van der Waals surface area contributed by atoms with Crippen LogP contribution in [-0.4, -0.2) is 39.2 Å². The molecule has 0 saturated carbocycles. The Hall–Kier alpha value is -3.83. The van der Waals surface area contributed by atoms with E-state index in [1.165, 1.54) is 6.07 Å². The van der Waals surface area contributed by atoms with E-state index in [0.717, 1.165) is 17.8 Å². The number of ether oxygens (including phenoxy) is 1. The molecule has 1 aromatic heterocycles. The molecule has 0 bridgehead atoms. The third-order valence-corrected chi connectivity index (χ3v) is 6.69. The molecule has 0 aliphatic carbocycles. The van der Waals surface area contributed by atoms with Gasteiger partial charge >= 0.3 is 6.18 Å². The molecule has 40 heavy (non-hydrogen) atoms. The first-order valence-corrected chi connectivity index (χ1v) is 12.9. The monoisotopic (exact) mass is 592 g/mol. The van der Waals surface area contributed by atoms with E-state index in [0.29, 0.717) is 39.9 Å². The van der Waals surface area contributed by atoms with Crippen LogP contribution in [0.15, 0.2) is 60.7 Å². The number of aromatic nitrogens is 4. The quantitative estimate of drug-likeness (QED) is 0.191. The van der Waals surface area contributed by atoms with Crippen LogP contribution < -0.4 is 15.4 Å². The lowest BCUT2D eigenvalue weighted by molar-refractivity contribution is -0.137. The number of amides is 1.